The third kappa shape index (κ3) is 4.14. The molecule has 1 saturated heterocycles. The quantitative estimate of drug-likeness (QED) is 0.860. The fourth-order valence-corrected chi connectivity index (χ4v) is 3.64. The number of nitrogens with zero attached hydrogens (tertiary/aromatic N) is 3. The van der Waals surface area contributed by atoms with Gasteiger partial charge in [0.1, 0.15) is 0 Å². The van der Waals surface area contributed by atoms with Gasteiger partial charge in [0.25, 0.3) is 0 Å². The van der Waals surface area contributed by atoms with E-state index in [1.165, 1.54) is 6.26 Å². The van der Waals surface area contributed by atoms with Gasteiger partial charge >= 0.3 is 0 Å². The van der Waals surface area contributed by atoms with Crippen LogP contribution in [-0.4, -0.2) is 42.6 Å². The maximum absolute atomic E-state index is 11.5. The Hall–Kier alpha value is -1.79. The summed E-state index contributed by atoms with van der Waals surface area (Å²) in [5.74, 6) is 0.493. The van der Waals surface area contributed by atoms with Crippen molar-refractivity contribution in [2.45, 2.75) is 30.2 Å². The molecule has 122 valence electrons. The van der Waals surface area contributed by atoms with Crippen LogP contribution in [0.5, 0.6) is 0 Å². The smallest absolute Gasteiger partial charge is 0.175 e. The number of aromatic nitrogens is 2. The first-order chi connectivity index (χ1) is 11.0. The Morgan fingerprint density at radius 3 is 2.39 bits per heavy atom. The summed E-state index contributed by atoms with van der Waals surface area (Å²) in [6, 6.07) is 7.20. The highest BCUT2D eigenvalue weighted by molar-refractivity contribution is 7.90. The zero-order valence-electron chi connectivity index (χ0n) is 13.2. The van der Waals surface area contributed by atoms with Crippen molar-refractivity contribution < 1.29 is 8.42 Å². The van der Waals surface area contributed by atoms with Crippen molar-refractivity contribution in [3.05, 3.63) is 54.1 Å². The van der Waals surface area contributed by atoms with Crippen molar-refractivity contribution in [2.24, 2.45) is 0 Å². The van der Waals surface area contributed by atoms with Gasteiger partial charge in [0, 0.05) is 37.3 Å². The van der Waals surface area contributed by atoms with E-state index in [0.29, 0.717) is 10.8 Å². The van der Waals surface area contributed by atoms with Crippen LogP contribution in [0.3, 0.4) is 0 Å². The maximum Gasteiger partial charge on any atom is 0.175 e. The average molecular weight is 331 g/mol. The van der Waals surface area contributed by atoms with Crippen molar-refractivity contribution >= 4 is 9.84 Å². The van der Waals surface area contributed by atoms with E-state index in [0.717, 1.165) is 43.7 Å². The van der Waals surface area contributed by atoms with E-state index in [4.69, 9.17) is 0 Å². The molecule has 6 heteroatoms. The van der Waals surface area contributed by atoms with Crippen LogP contribution in [0, 0.1) is 0 Å². The Morgan fingerprint density at radius 1 is 1.13 bits per heavy atom. The van der Waals surface area contributed by atoms with Crippen molar-refractivity contribution in [1.82, 2.24) is 14.9 Å². The lowest BCUT2D eigenvalue weighted by atomic mass is 9.93. The van der Waals surface area contributed by atoms with Gasteiger partial charge in [-0.2, -0.15) is 0 Å². The highest BCUT2D eigenvalue weighted by Crippen LogP contribution is 2.26. The molecule has 0 aliphatic carbocycles. The molecule has 0 bridgehead atoms. The van der Waals surface area contributed by atoms with E-state index in [-0.39, 0.29) is 0 Å². The number of sulfone groups is 1. The molecule has 2 heterocycles. The monoisotopic (exact) mass is 331 g/mol. The lowest BCUT2D eigenvalue weighted by molar-refractivity contribution is 0.203. The highest BCUT2D eigenvalue weighted by Gasteiger charge is 2.21. The molecule has 0 unspecified atom stereocenters. The van der Waals surface area contributed by atoms with Crippen molar-refractivity contribution in [1.29, 1.82) is 0 Å². The summed E-state index contributed by atoms with van der Waals surface area (Å²) in [5.41, 5.74) is 2.24. The van der Waals surface area contributed by atoms with Crippen molar-refractivity contribution in [2.75, 3.05) is 19.3 Å². The van der Waals surface area contributed by atoms with Gasteiger partial charge < -0.3 is 0 Å². The molecule has 3 rings (SSSR count). The molecule has 1 aromatic heterocycles. The number of hydrogen-bond donors (Lipinski definition) is 0. The molecule has 0 amide bonds. The van der Waals surface area contributed by atoms with E-state index < -0.39 is 9.84 Å². The Balaban J connectivity index is 1.57. The standard InChI is InChI=1S/C17H21N3O2S/c1-23(21,22)16-4-2-14(3-5-16)13-20-10-6-15(7-11-20)17-12-18-8-9-19-17/h2-5,8-9,12,15H,6-7,10-11,13H2,1H3. The van der Waals surface area contributed by atoms with Crippen molar-refractivity contribution in [3.63, 3.8) is 0 Å². The van der Waals surface area contributed by atoms with Gasteiger partial charge in [0.15, 0.2) is 9.84 Å². The fraction of sp³-hybridized carbons (Fsp3) is 0.412. The number of hydrogen-bond acceptors (Lipinski definition) is 5. The minimum atomic E-state index is -3.12. The van der Waals surface area contributed by atoms with E-state index >= 15 is 0 Å². The zero-order chi connectivity index (χ0) is 16.3. The summed E-state index contributed by atoms with van der Waals surface area (Å²) < 4.78 is 23.0. The number of rotatable bonds is 4. The molecule has 0 N–H and O–H groups in total. The van der Waals surface area contributed by atoms with Crippen LogP contribution in [0.4, 0.5) is 0 Å². The molecule has 2 aromatic rings. The third-order valence-corrected chi connectivity index (χ3v) is 5.48. The summed E-state index contributed by atoms with van der Waals surface area (Å²) in [5, 5.41) is 0. The second-order valence-corrected chi connectivity index (χ2v) is 8.11. The van der Waals surface area contributed by atoms with Crippen LogP contribution in [0.2, 0.25) is 0 Å². The van der Waals surface area contributed by atoms with Crippen LogP contribution >= 0.6 is 0 Å². The largest absolute Gasteiger partial charge is 0.299 e. The Bertz CT molecular complexity index is 737. The second kappa shape index (κ2) is 6.76. The molecule has 1 aliphatic heterocycles. The van der Waals surface area contributed by atoms with Crippen LogP contribution in [0.25, 0.3) is 0 Å². The lowest BCUT2D eigenvalue weighted by Crippen LogP contribution is -2.32. The van der Waals surface area contributed by atoms with Gasteiger partial charge in [-0.15, -0.1) is 0 Å². The zero-order valence-corrected chi connectivity index (χ0v) is 14.0. The van der Waals surface area contributed by atoms with Crippen LogP contribution in [-0.2, 0) is 16.4 Å². The summed E-state index contributed by atoms with van der Waals surface area (Å²) in [6.45, 7) is 2.90. The second-order valence-electron chi connectivity index (χ2n) is 6.10. The van der Waals surface area contributed by atoms with Gasteiger partial charge in [0.05, 0.1) is 10.6 Å². The predicted molar refractivity (Wildman–Crippen MR) is 88.8 cm³/mol. The third-order valence-electron chi connectivity index (χ3n) is 4.35. The number of likely N-dealkylation sites (tertiary alicyclic amines) is 1. The molecular weight excluding hydrogens is 310 g/mol. The van der Waals surface area contributed by atoms with E-state index in [1.54, 1.807) is 24.5 Å². The molecular formula is C17H21N3O2S. The van der Waals surface area contributed by atoms with Crippen LogP contribution in [0.1, 0.15) is 30.0 Å². The Labute approximate surface area is 137 Å². The molecule has 23 heavy (non-hydrogen) atoms. The summed E-state index contributed by atoms with van der Waals surface area (Å²) in [6.07, 6.45) is 8.73. The molecule has 0 saturated carbocycles. The summed E-state index contributed by atoms with van der Waals surface area (Å²) >= 11 is 0. The summed E-state index contributed by atoms with van der Waals surface area (Å²) in [4.78, 5) is 11.3. The maximum atomic E-state index is 11.5. The average Bonchev–Trinajstić information content (AvgIpc) is 2.56. The normalized spacial score (nSPS) is 17.3. The molecule has 1 fully saturated rings. The Kier molecular flexibility index (Phi) is 4.73. The lowest BCUT2D eigenvalue weighted by Gasteiger charge is -2.31. The highest BCUT2D eigenvalue weighted by atomic mass is 32.2. The number of piperidine rings is 1. The van der Waals surface area contributed by atoms with Crippen LogP contribution in [0.15, 0.2) is 47.8 Å². The van der Waals surface area contributed by atoms with E-state index in [9.17, 15) is 8.42 Å². The van der Waals surface area contributed by atoms with Gasteiger partial charge in [-0.05, 0) is 43.6 Å². The molecule has 1 aromatic carbocycles. The minimum Gasteiger partial charge on any atom is -0.299 e. The summed E-state index contributed by atoms with van der Waals surface area (Å²) in [7, 11) is -3.12. The Morgan fingerprint density at radius 2 is 1.83 bits per heavy atom. The molecule has 5 nitrogen and oxygen atoms in total. The number of benzene rings is 1. The van der Waals surface area contributed by atoms with Gasteiger partial charge in [-0.1, -0.05) is 12.1 Å². The van der Waals surface area contributed by atoms with E-state index in [2.05, 4.69) is 14.9 Å². The fourth-order valence-electron chi connectivity index (χ4n) is 3.01. The SMILES string of the molecule is CS(=O)(=O)c1ccc(CN2CCC(c3cnccn3)CC2)cc1. The van der Waals surface area contributed by atoms with Gasteiger partial charge in [-0.25, -0.2) is 8.42 Å². The molecule has 0 atom stereocenters. The van der Waals surface area contributed by atoms with E-state index in [1.807, 2.05) is 18.3 Å². The first-order valence-corrected chi connectivity index (χ1v) is 9.69. The predicted octanol–water partition coefficient (Wildman–Crippen LogP) is 2.26. The van der Waals surface area contributed by atoms with Gasteiger partial charge in [0.2, 0.25) is 0 Å². The minimum absolute atomic E-state index is 0.377. The topological polar surface area (TPSA) is 63.2 Å². The van der Waals surface area contributed by atoms with Gasteiger partial charge in [-0.3, -0.25) is 14.9 Å². The first-order valence-electron chi connectivity index (χ1n) is 7.79. The van der Waals surface area contributed by atoms with Crippen LogP contribution < -0.4 is 0 Å². The first kappa shape index (κ1) is 16.1. The molecule has 1 aliphatic rings. The molecule has 0 spiro atoms. The van der Waals surface area contributed by atoms with Crippen molar-refractivity contribution in [3.8, 4) is 0 Å². The molecule has 0 radical (unpaired) electrons.